The summed E-state index contributed by atoms with van der Waals surface area (Å²) in [5, 5.41) is 9.40. The topological polar surface area (TPSA) is 40.5 Å². The lowest BCUT2D eigenvalue weighted by molar-refractivity contribution is -0.117. The van der Waals surface area contributed by atoms with Gasteiger partial charge in [-0.1, -0.05) is 11.6 Å². The van der Waals surface area contributed by atoms with E-state index in [1.165, 1.54) is 0 Å². The maximum atomic E-state index is 11.6. The Kier molecular flexibility index (Phi) is 2.93. The van der Waals surface area contributed by atoms with Crippen LogP contribution in [-0.2, 0) is 11.2 Å². The van der Waals surface area contributed by atoms with Crippen LogP contribution in [0.3, 0.4) is 0 Å². The molecule has 0 spiro atoms. The van der Waals surface area contributed by atoms with Gasteiger partial charge in [-0.3, -0.25) is 4.79 Å². The van der Waals surface area contributed by atoms with Crippen LogP contribution in [-0.4, -0.2) is 24.2 Å². The van der Waals surface area contributed by atoms with Crippen molar-refractivity contribution in [2.24, 2.45) is 0 Å². The van der Waals surface area contributed by atoms with E-state index in [-0.39, 0.29) is 12.5 Å². The molecular formula is C11H12ClNO2. The minimum absolute atomic E-state index is 0.0840. The molecule has 1 heterocycles. The van der Waals surface area contributed by atoms with Crippen molar-refractivity contribution in [3.05, 3.63) is 28.8 Å². The fraction of sp³-hybridized carbons (Fsp3) is 0.364. The number of fused-ring (bicyclic) bond motifs is 1. The summed E-state index contributed by atoms with van der Waals surface area (Å²) in [5.41, 5.74) is 1.91. The van der Waals surface area contributed by atoms with Crippen LogP contribution in [0.1, 0.15) is 12.0 Å². The van der Waals surface area contributed by atoms with E-state index in [4.69, 9.17) is 16.7 Å². The molecule has 0 aliphatic carbocycles. The lowest BCUT2D eigenvalue weighted by atomic mass is 10.2. The number of hydrogen-bond donors (Lipinski definition) is 1. The number of hydrogen-bond acceptors (Lipinski definition) is 2. The highest BCUT2D eigenvalue weighted by molar-refractivity contribution is 6.30. The van der Waals surface area contributed by atoms with E-state index in [1.807, 2.05) is 12.1 Å². The molecule has 1 aromatic carbocycles. The van der Waals surface area contributed by atoms with Gasteiger partial charge < -0.3 is 10.0 Å². The van der Waals surface area contributed by atoms with Crippen molar-refractivity contribution in [2.75, 3.05) is 18.1 Å². The number of aliphatic hydroxyl groups is 1. The molecule has 2 rings (SSSR count). The summed E-state index contributed by atoms with van der Waals surface area (Å²) in [5.74, 6) is 0.0840. The van der Waals surface area contributed by atoms with Crippen molar-refractivity contribution < 1.29 is 9.90 Å². The number of carbonyl (C=O) groups excluding carboxylic acids is 1. The second-order valence-electron chi connectivity index (χ2n) is 3.57. The second-order valence-corrected chi connectivity index (χ2v) is 4.01. The average Bonchev–Trinajstić information content (AvgIpc) is 2.50. The Bertz CT molecular complexity index is 392. The van der Waals surface area contributed by atoms with Crippen molar-refractivity contribution in [1.29, 1.82) is 0 Å². The van der Waals surface area contributed by atoms with E-state index in [9.17, 15) is 4.79 Å². The van der Waals surface area contributed by atoms with Gasteiger partial charge in [-0.25, -0.2) is 0 Å². The van der Waals surface area contributed by atoms with Crippen LogP contribution in [0, 0.1) is 0 Å². The van der Waals surface area contributed by atoms with Crippen LogP contribution < -0.4 is 4.90 Å². The Hall–Kier alpha value is -1.06. The summed E-state index contributed by atoms with van der Waals surface area (Å²) < 4.78 is 0. The van der Waals surface area contributed by atoms with E-state index in [0.717, 1.165) is 11.3 Å². The number of aliphatic hydroxyl groups excluding tert-OH is 1. The van der Waals surface area contributed by atoms with Crippen LogP contribution in [0.4, 0.5) is 5.69 Å². The number of rotatable bonds is 3. The van der Waals surface area contributed by atoms with Crippen LogP contribution in [0.15, 0.2) is 18.2 Å². The molecule has 0 unspecified atom stereocenters. The Balaban J connectivity index is 2.25. The highest BCUT2D eigenvalue weighted by atomic mass is 35.5. The summed E-state index contributed by atoms with van der Waals surface area (Å²) in [4.78, 5) is 13.4. The van der Waals surface area contributed by atoms with Gasteiger partial charge in [0.15, 0.2) is 0 Å². The average molecular weight is 226 g/mol. The molecule has 15 heavy (non-hydrogen) atoms. The summed E-state index contributed by atoms with van der Waals surface area (Å²) in [6, 6.07) is 5.47. The van der Waals surface area contributed by atoms with Gasteiger partial charge in [-0.05, 0) is 30.2 Å². The van der Waals surface area contributed by atoms with Crippen LogP contribution in [0.2, 0.25) is 5.02 Å². The molecule has 1 amide bonds. The molecule has 80 valence electrons. The van der Waals surface area contributed by atoms with E-state index < -0.39 is 0 Å². The highest BCUT2D eigenvalue weighted by Crippen LogP contribution is 2.30. The van der Waals surface area contributed by atoms with E-state index in [0.29, 0.717) is 24.4 Å². The Labute approximate surface area is 93.3 Å². The normalized spacial score (nSPS) is 14.5. The van der Waals surface area contributed by atoms with Crippen molar-refractivity contribution >= 4 is 23.2 Å². The molecule has 3 nitrogen and oxygen atoms in total. The number of amides is 1. The maximum absolute atomic E-state index is 11.6. The van der Waals surface area contributed by atoms with Crippen LogP contribution in [0.5, 0.6) is 0 Å². The minimum Gasteiger partial charge on any atom is -0.396 e. The van der Waals surface area contributed by atoms with Crippen LogP contribution >= 0.6 is 11.6 Å². The van der Waals surface area contributed by atoms with Gasteiger partial charge in [0, 0.05) is 23.9 Å². The molecule has 1 aliphatic rings. The number of anilines is 1. The van der Waals surface area contributed by atoms with Gasteiger partial charge in [-0.2, -0.15) is 0 Å². The van der Waals surface area contributed by atoms with E-state index in [2.05, 4.69) is 0 Å². The lowest BCUT2D eigenvalue weighted by Gasteiger charge is -2.16. The van der Waals surface area contributed by atoms with Gasteiger partial charge >= 0.3 is 0 Å². The van der Waals surface area contributed by atoms with Crippen molar-refractivity contribution in [3.8, 4) is 0 Å². The fourth-order valence-electron chi connectivity index (χ4n) is 1.83. The number of carbonyl (C=O) groups is 1. The predicted octanol–water partition coefficient (Wildman–Crippen LogP) is 1.61. The molecule has 0 saturated heterocycles. The first-order valence-corrected chi connectivity index (χ1v) is 5.30. The first kappa shape index (κ1) is 10.5. The van der Waals surface area contributed by atoms with Gasteiger partial charge in [0.2, 0.25) is 5.91 Å². The first-order valence-electron chi connectivity index (χ1n) is 4.92. The maximum Gasteiger partial charge on any atom is 0.231 e. The Morgan fingerprint density at radius 1 is 1.47 bits per heavy atom. The molecule has 4 heteroatoms. The molecule has 0 radical (unpaired) electrons. The quantitative estimate of drug-likeness (QED) is 0.849. The van der Waals surface area contributed by atoms with Crippen molar-refractivity contribution in [1.82, 2.24) is 0 Å². The van der Waals surface area contributed by atoms with Gasteiger partial charge in [0.1, 0.15) is 0 Å². The monoisotopic (exact) mass is 225 g/mol. The van der Waals surface area contributed by atoms with Gasteiger partial charge in [-0.15, -0.1) is 0 Å². The first-order chi connectivity index (χ1) is 7.22. The molecule has 0 aromatic heterocycles. The SMILES string of the molecule is O=C1Cc2cc(Cl)ccc2N1CCCO. The zero-order valence-corrected chi connectivity index (χ0v) is 9.00. The molecule has 0 saturated carbocycles. The zero-order chi connectivity index (χ0) is 10.8. The van der Waals surface area contributed by atoms with Crippen LogP contribution in [0.25, 0.3) is 0 Å². The molecule has 0 atom stereocenters. The largest absolute Gasteiger partial charge is 0.396 e. The minimum atomic E-state index is 0.0840. The predicted molar refractivity (Wildman–Crippen MR) is 59.2 cm³/mol. The molecule has 0 fully saturated rings. The zero-order valence-electron chi connectivity index (χ0n) is 8.24. The third-order valence-electron chi connectivity index (χ3n) is 2.51. The fourth-order valence-corrected chi connectivity index (χ4v) is 2.02. The Morgan fingerprint density at radius 3 is 3.00 bits per heavy atom. The summed E-state index contributed by atoms with van der Waals surface area (Å²) in [7, 11) is 0. The molecule has 1 aromatic rings. The Morgan fingerprint density at radius 2 is 2.27 bits per heavy atom. The molecule has 1 N–H and O–H groups in total. The standard InChI is InChI=1S/C11H12ClNO2/c12-9-2-3-10-8(6-9)7-11(15)13(10)4-1-5-14/h2-3,6,14H,1,4-5,7H2. The lowest BCUT2D eigenvalue weighted by Crippen LogP contribution is -2.28. The highest BCUT2D eigenvalue weighted by Gasteiger charge is 2.26. The third-order valence-corrected chi connectivity index (χ3v) is 2.75. The van der Waals surface area contributed by atoms with Gasteiger partial charge in [0.25, 0.3) is 0 Å². The number of nitrogens with zero attached hydrogens (tertiary/aromatic N) is 1. The van der Waals surface area contributed by atoms with Crippen molar-refractivity contribution in [2.45, 2.75) is 12.8 Å². The van der Waals surface area contributed by atoms with E-state index in [1.54, 1.807) is 11.0 Å². The third kappa shape index (κ3) is 1.98. The number of benzene rings is 1. The molecule has 0 bridgehead atoms. The number of halogens is 1. The summed E-state index contributed by atoms with van der Waals surface area (Å²) in [6.45, 7) is 0.677. The van der Waals surface area contributed by atoms with Crippen molar-refractivity contribution in [3.63, 3.8) is 0 Å². The smallest absolute Gasteiger partial charge is 0.231 e. The molecular weight excluding hydrogens is 214 g/mol. The second kappa shape index (κ2) is 4.21. The molecule has 1 aliphatic heterocycles. The van der Waals surface area contributed by atoms with Gasteiger partial charge in [0.05, 0.1) is 6.42 Å². The summed E-state index contributed by atoms with van der Waals surface area (Å²) in [6.07, 6.45) is 1.02. The van der Waals surface area contributed by atoms with E-state index >= 15 is 0 Å². The summed E-state index contributed by atoms with van der Waals surface area (Å²) >= 11 is 5.85.